The van der Waals surface area contributed by atoms with Crippen LogP contribution < -0.4 is 0 Å². The number of ether oxygens (including phenoxy) is 1. The molecule has 22 heavy (non-hydrogen) atoms. The lowest BCUT2D eigenvalue weighted by molar-refractivity contribution is -0.139. The van der Waals surface area contributed by atoms with E-state index in [9.17, 15) is 9.59 Å². The number of benzene rings is 2. The molecule has 0 amide bonds. The summed E-state index contributed by atoms with van der Waals surface area (Å²) >= 11 is 0. The minimum Gasteiger partial charge on any atom is -0.469 e. The number of aromatic nitrogens is 1. The normalized spacial score (nSPS) is 10.6. The molecule has 0 atom stereocenters. The maximum atomic E-state index is 12.7. The fourth-order valence-corrected chi connectivity index (χ4v) is 2.53. The molecular weight excluding hydrogens is 278 g/mol. The molecule has 4 heteroatoms. The lowest BCUT2D eigenvalue weighted by Crippen LogP contribution is -2.13. The van der Waals surface area contributed by atoms with Gasteiger partial charge in [-0.25, -0.2) is 0 Å². The predicted molar refractivity (Wildman–Crippen MR) is 83.8 cm³/mol. The van der Waals surface area contributed by atoms with Crippen LogP contribution in [0.25, 0.3) is 10.9 Å². The molecule has 0 spiro atoms. The third kappa shape index (κ3) is 2.51. The highest BCUT2D eigenvalue weighted by Crippen LogP contribution is 2.22. The minimum atomic E-state index is -0.326. The summed E-state index contributed by atoms with van der Waals surface area (Å²) in [6.07, 6.45) is 1.88. The molecule has 0 aliphatic carbocycles. The first-order valence-corrected chi connectivity index (χ1v) is 6.96. The highest BCUT2D eigenvalue weighted by Gasteiger charge is 2.15. The number of rotatable bonds is 3. The van der Waals surface area contributed by atoms with Crippen molar-refractivity contribution in [2.24, 2.45) is 0 Å². The molecule has 4 nitrogen and oxygen atoms in total. The Morgan fingerprint density at radius 3 is 2.50 bits per heavy atom. The zero-order valence-corrected chi connectivity index (χ0v) is 12.2. The predicted octanol–water partition coefficient (Wildman–Crippen LogP) is 3.05. The van der Waals surface area contributed by atoms with E-state index in [1.54, 1.807) is 22.9 Å². The standard InChI is InChI=1S/C18H15NO3/c1-22-16(20)12-15-9-5-8-13-10-11-19(17(13)15)18(21)14-6-3-2-4-7-14/h2-11H,12H2,1H3. The van der Waals surface area contributed by atoms with Gasteiger partial charge in [-0.3, -0.25) is 14.2 Å². The van der Waals surface area contributed by atoms with Crippen LogP contribution in [0.5, 0.6) is 0 Å². The smallest absolute Gasteiger partial charge is 0.310 e. The van der Waals surface area contributed by atoms with E-state index in [0.29, 0.717) is 5.56 Å². The van der Waals surface area contributed by atoms with Gasteiger partial charge >= 0.3 is 5.97 Å². The number of carbonyl (C=O) groups excluding carboxylic acids is 2. The van der Waals surface area contributed by atoms with E-state index in [2.05, 4.69) is 0 Å². The van der Waals surface area contributed by atoms with E-state index in [4.69, 9.17) is 4.74 Å². The lowest BCUT2D eigenvalue weighted by atomic mass is 10.1. The Labute approximate surface area is 127 Å². The zero-order valence-electron chi connectivity index (χ0n) is 12.2. The van der Waals surface area contributed by atoms with Crippen LogP contribution in [0.2, 0.25) is 0 Å². The van der Waals surface area contributed by atoms with Gasteiger partial charge in [-0.05, 0) is 23.8 Å². The van der Waals surface area contributed by atoms with Gasteiger partial charge in [-0.15, -0.1) is 0 Å². The summed E-state index contributed by atoms with van der Waals surface area (Å²) in [7, 11) is 1.36. The molecule has 0 bridgehead atoms. The van der Waals surface area contributed by atoms with Crippen molar-refractivity contribution in [3.63, 3.8) is 0 Å². The van der Waals surface area contributed by atoms with Gasteiger partial charge in [0.15, 0.2) is 0 Å². The Balaban J connectivity index is 2.11. The van der Waals surface area contributed by atoms with Gasteiger partial charge in [-0.1, -0.05) is 36.4 Å². The second-order valence-corrected chi connectivity index (χ2v) is 4.96. The second kappa shape index (κ2) is 5.85. The highest BCUT2D eigenvalue weighted by atomic mass is 16.5. The van der Waals surface area contributed by atoms with Crippen molar-refractivity contribution >= 4 is 22.8 Å². The highest BCUT2D eigenvalue weighted by molar-refractivity contribution is 6.03. The van der Waals surface area contributed by atoms with E-state index in [1.807, 2.05) is 42.5 Å². The molecule has 0 saturated heterocycles. The molecular formula is C18H15NO3. The van der Waals surface area contributed by atoms with E-state index in [-0.39, 0.29) is 18.3 Å². The Kier molecular flexibility index (Phi) is 3.74. The molecule has 0 fully saturated rings. The summed E-state index contributed by atoms with van der Waals surface area (Å²) < 4.78 is 6.32. The van der Waals surface area contributed by atoms with E-state index >= 15 is 0 Å². The van der Waals surface area contributed by atoms with Gasteiger partial charge < -0.3 is 4.74 Å². The fourth-order valence-electron chi connectivity index (χ4n) is 2.53. The Morgan fingerprint density at radius 1 is 1.00 bits per heavy atom. The molecule has 0 N–H and O–H groups in total. The largest absolute Gasteiger partial charge is 0.469 e. The number of methoxy groups -OCH3 is 1. The van der Waals surface area contributed by atoms with Gasteiger partial charge in [0.2, 0.25) is 0 Å². The SMILES string of the molecule is COC(=O)Cc1cccc2ccn(C(=O)c3ccccc3)c12. The average Bonchev–Trinajstić information content (AvgIpc) is 3.00. The number of hydrogen-bond acceptors (Lipinski definition) is 3. The summed E-state index contributed by atoms with van der Waals surface area (Å²) in [5.41, 5.74) is 2.13. The Bertz CT molecular complexity index is 834. The van der Waals surface area contributed by atoms with Crippen LogP contribution in [-0.2, 0) is 16.0 Å². The van der Waals surface area contributed by atoms with E-state index in [1.165, 1.54) is 7.11 Å². The summed E-state index contributed by atoms with van der Waals surface area (Å²) in [5.74, 6) is -0.444. The van der Waals surface area contributed by atoms with Gasteiger partial charge in [0, 0.05) is 17.1 Å². The average molecular weight is 293 g/mol. The molecule has 110 valence electrons. The molecule has 3 aromatic rings. The second-order valence-electron chi connectivity index (χ2n) is 4.96. The van der Waals surface area contributed by atoms with E-state index < -0.39 is 0 Å². The van der Waals surface area contributed by atoms with Crippen molar-refractivity contribution in [1.82, 2.24) is 4.57 Å². The van der Waals surface area contributed by atoms with Gasteiger partial charge in [0.05, 0.1) is 19.0 Å². The van der Waals surface area contributed by atoms with Crippen molar-refractivity contribution in [3.8, 4) is 0 Å². The Morgan fingerprint density at radius 2 is 1.77 bits per heavy atom. The maximum absolute atomic E-state index is 12.7. The number of esters is 1. The summed E-state index contributed by atoms with van der Waals surface area (Å²) in [5, 5.41) is 0.922. The maximum Gasteiger partial charge on any atom is 0.310 e. The minimum absolute atomic E-state index is 0.118. The topological polar surface area (TPSA) is 48.3 Å². The third-order valence-electron chi connectivity index (χ3n) is 3.60. The van der Waals surface area contributed by atoms with Crippen LogP contribution in [-0.4, -0.2) is 23.6 Å². The number of nitrogens with zero attached hydrogens (tertiary/aromatic N) is 1. The van der Waals surface area contributed by atoms with Crippen LogP contribution >= 0.6 is 0 Å². The number of hydrogen-bond donors (Lipinski definition) is 0. The molecule has 1 heterocycles. The summed E-state index contributed by atoms with van der Waals surface area (Å²) in [6.45, 7) is 0. The molecule has 0 saturated carbocycles. The fraction of sp³-hybridized carbons (Fsp3) is 0.111. The zero-order chi connectivity index (χ0) is 15.5. The quantitative estimate of drug-likeness (QED) is 0.697. The Hall–Kier alpha value is -2.88. The van der Waals surface area contributed by atoms with Gasteiger partial charge in [-0.2, -0.15) is 0 Å². The van der Waals surface area contributed by atoms with E-state index in [0.717, 1.165) is 16.5 Å². The van der Waals surface area contributed by atoms with Gasteiger partial charge in [0.1, 0.15) is 0 Å². The van der Waals surface area contributed by atoms with Crippen molar-refractivity contribution in [2.75, 3.05) is 7.11 Å². The van der Waals surface area contributed by atoms with Crippen LogP contribution in [0.4, 0.5) is 0 Å². The molecule has 2 aromatic carbocycles. The lowest BCUT2D eigenvalue weighted by Gasteiger charge is -2.08. The van der Waals surface area contributed by atoms with Crippen LogP contribution in [0.1, 0.15) is 15.9 Å². The number of para-hydroxylation sites is 1. The summed E-state index contributed by atoms with van der Waals surface area (Å²) in [6, 6.07) is 16.6. The first kappa shape index (κ1) is 14.1. The molecule has 0 radical (unpaired) electrons. The molecule has 0 aliphatic heterocycles. The first-order chi connectivity index (χ1) is 10.7. The van der Waals surface area contributed by atoms with Crippen LogP contribution in [0.3, 0.4) is 0 Å². The van der Waals surface area contributed by atoms with Crippen molar-refractivity contribution < 1.29 is 14.3 Å². The molecule has 3 rings (SSSR count). The van der Waals surface area contributed by atoms with Crippen molar-refractivity contribution in [2.45, 2.75) is 6.42 Å². The molecule has 0 aliphatic rings. The number of carbonyl (C=O) groups is 2. The summed E-state index contributed by atoms with van der Waals surface area (Å²) in [4.78, 5) is 24.3. The first-order valence-electron chi connectivity index (χ1n) is 6.96. The van der Waals surface area contributed by atoms with Crippen molar-refractivity contribution in [1.29, 1.82) is 0 Å². The van der Waals surface area contributed by atoms with Crippen molar-refractivity contribution in [3.05, 3.63) is 71.9 Å². The van der Waals surface area contributed by atoms with Crippen LogP contribution in [0.15, 0.2) is 60.8 Å². The monoisotopic (exact) mass is 293 g/mol. The van der Waals surface area contributed by atoms with Gasteiger partial charge in [0.25, 0.3) is 5.91 Å². The molecule has 1 aromatic heterocycles. The molecule has 0 unspecified atom stereocenters. The van der Waals surface area contributed by atoms with Crippen LogP contribution in [0, 0.1) is 0 Å². The third-order valence-corrected chi connectivity index (χ3v) is 3.60. The number of fused-ring (bicyclic) bond motifs is 1.